The van der Waals surface area contributed by atoms with Crippen LogP contribution in [-0.4, -0.2) is 26.0 Å². The van der Waals surface area contributed by atoms with Crippen LogP contribution in [0.5, 0.6) is 0 Å². The standard InChI is InChI=1S/C12H17BrClNO2/c1-3-16-12(17-4-2)8-15-11-6-5-9(14)7-10(11)13/h5-7,12,15H,3-4,8H2,1-2H3. The van der Waals surface area contributed by atoms with E-state index in [9.17, 15) is 0 Å². The third-order valence-corrected chi connectivity index (χ3v) is 2.99. The SMILES string of the molecule is CCOC(CNc1ccc(Cl)cc1Br)OCC. The Morgan fingerprint density at radius 1 is 1.29 bits per heavy atom. The van der Waals surface area contributed by atoms with Crippen LogP contribution in [-0.2, 0) is 9.47 Å². The summed E-state index contributed by atoms with van der Waals surface area (Å²) in [6.45, 7) is 5.76. The highest BCUT2D eigenvalue weighted by molar-refractivity contribution is 9.10. The number of rotatable bonds is 7. The number of hydrogen-bond donors (Lipinski definition) is 1. The molecule has 0 heterocycles. The highest BCUT2D eigenvalue weighted by Gasteiger charge is 2.08. The first-order valence-electron chi connectivity index (χ1n) is 5.59. The first kappa shape index (κ1) is 14.8. The van der Waals surface area contributed by atoms with Gasteiger partial charge in [0.05, 0.1) is 6.54 Å². The van der Waals surface area contributed by atoms with E-state index in [4.69, 9.17) is 21.1 Å². The van der Waals surface area contributed by atoms with Crippen molar-refractivity contribution in [3.63, 3.8) is 0 Å². The van der Waals surface area contributed by atoms with Gasteiger partial charge in [0.25, 0.3) is 0 Å². The number of nitrogens with one attached hydrogen (secondary N) is 1. The van der Waals surface area contributed by atoms with Gasteiger partial charge in [-0.2, -0.15) is 0 Å². The Bertz CT molecular complexity index is 343. The Labute approximate surface area is 116 Å². The van der Waals surface area contributed by atoms with E-state index < -0.39 is 0 Å². The van der Waals surface area contributed by atoms with Gasteiger partial charge in [0.15, 0.2) is 6.29 Å². The van der Waals surface area contributed by atoms with Crippen LogP contribution in [0, 0.1) is 0 Å². The van der Waals surface area contributed by atoms with E-state index in [1.165, 1.54) is 0 Å². The second kappa shape index (κ2) is 7.93. The lowest BCUT2D eigenvalue weighted by molar-refractivity contribution is -0.126. The average Bonchev–Trinajstić information content (AvgIpc) is 2.28. The summed E-state index contributed by atoms with van der Waals surface area (Å²) in [5.74, 6) is 0. The molecule has 0 aliphatic heterocycles. The predicted molar refractivity (Wildman–Crippen MR) is 74.7 cm³/mol. The molecule has 1 aromatic rings. The minimum atomic E-state index is -0.229. The number of ether oxygens (including phenoxy) is 2. The summed E-state index contributed by atoms with van der Waals surface area (Å²) in [7, 11) is 0. The summed E-state index contributed by atoms with van der Waals surface area (Å²) >= 11 is 9.32. The van der Waals surface area contributed by atoms with E-state index in [2.05, 4.69) is 21.2 Å². The minimum absolute atomic E-state index is 0.229. The lowest BCUT2D eigenvalue weighted by Crippen LogP contribution is -2.26. The molecule has 5 heteroatoms. The predicted octanol–water partition coefficient (Wildman–Crippen LogP) is 3.91. The maximum absolute atomic E-state index is 5.87. The van der Waals surface area contributed by atoms with Crippen LogP contribution in [0.4, 0.5) is 5.69 Å². The minimum Gasteiger partial charge on any atom is -0.379 e. The summed E-state index contributed by atoms with van der Waals surface area (Å²) in [6, 6.07) is 5.60. The third kappa shape index (κ3) is 5.25. The lowest BCUT2D eigenvalue weighted by atomic mass is 10.3. The fourth-order valence-corrected chi connectivity index (χ4v) is 2.19. The molecule has 96 valence electrons. The van der Waals surface area contributed by atoms with Gasteiger partial charge in [-0.3, -0.25) is 0 Å². The molecule has 0 aliphatic carbocycles. The fourth-order valence-electron chi connectivity index (χ4n) is 1.36. The average molecular weight is 323 g/mol. The van der Waals surface area contributed by atoms with Gasteiger partial charge in [-0.15, -0.1) is 0 Å². The van der Waals surface area contributed by atoms with E-state index in [1.807, 2.05) is 32.0 Å². The van der Waals surface area contributed by atoms with Gasteiger partial charge in [0.2, 0.25) is 0 Å². The van der Waals surface area contributed by atoms with Crippen LogP contribution in [0.1, 0.15) is 13.8 Å². The summed E-state index contributed by atoms with van der Waals surface area (Å²) in [5, 5.41) is 3.96. The largest absolute Gasteiger partial charge is 0.379 e. The monoisotopic (exact) mass is 321 g/mol. The molecule has 3 nitrogen and oxygen atoms in total. The zero-order valence-corrected chi connectivity index (χ0v) is 12.3. The van der Waals surface area contributed by atoms with Crippen molar-refractivity contribution in [2.45, 2.75) is 20.1 Å². The van der Waals surface area contributed by atoms with Gasteiger partial charge in [-0.1, -0.05) is 11.6 Å². The van der Waals surface area contributed by atoms with Gasteiger partial charge < -0.3 is 14.8 Å². The summed E-state index contributed by atoms with van der Waals surface area (Å²) in [5.41, 5.74) is 0.971. The maximum atomic E-state index is 5.87. The molecule has 0 spiro atoms. The Balaban J connectivity index is 2.52. The van der Waals surface area contributed by atoms with Gasteiger partial charge in [-0.05, 0) is 48.0 Å². The summed E-state index contributed by atoms with van der Waals surface area (Å²) < 4.78 is 11.8. The molecule has 0 unspecified atom stereocenters. The summed E-state index contributed by atoms with van der Waals surface area (Å²) in [4.78, 5) is 0. The highest BCUT2D eigenvalue weighted by atomic mass is 79.9. The van der Waals surface area contributed by atoms with E-state index >= 15 is 0 Å². The van der Waals surface area contributed by atoms with Crippen molar-refractivity contribution in [1.82, 2.24) is 0 Å². The normalized spacial score (nSPS) is 10.9. The second-order valence-electron chi connectivity index (χ2n) is 3.35. The molecular weight excluding hydrogens is 305 g/mol. The van der Waals surface area contributed by atoms with Crippen LogP contribution in [0.15, 0.2) is 22.7 Å². The van der Waals surface area contributed by atoms with E-state index in [-0.39, 0.29) is 6.29 Å². The molecule has 0 fully saturated rings. The van der Waals surface area contributed by atoms with Crippen LogP contribution in [0.25, 0.3) is 0 Å². The van der Waals surface area contributed by atoms with Crippen molar-refractivity contribution in [2.24, 2.45) is 0 Å². The van der Waals surface area contributed by atoms with Crippen molar-refractivity contribution >= 4 is 33.2 Å². The van der Waals surface area contributed by atoms with E-state index in [0.717, 1.165) is 10.2 Å². The molecule has 0 aliphatic rings. The molecule has 0 amide bonds. The van der Waals surface area contributed by atoms with Gasteiger partial charge in [-0.25, -0.2) is 0 Å². The second-order valence-corrected chi connectivity index (χ2v) is 4.64. The molecule has 1 aromatic carbocycles. The molecule has 0 aromatic heterocycles. The third-order valence-electron chi connectivity index (χ3n) is 2.10. The molecule has 0 saturated heterocycles. The molecular formula is C12H17BrClNO2. The Hall–Kier alpha value is -0.290. The van der Waals surface area contributed by atoms with Crippen LogP contribution in [0.2, 0.25) is 5.02 Å². The zero-order chi connectivity index (χ0) is 12.7. The number of benzene rings is 1. The van der Waals surface area contributed by atoms with Crippen molar-refractivity contribution in [3.05, 3.63) is 27.7 Å². The van der Waals surface area contributed by atoms with Crippen molar-refractivity contribution in [3.8, 4) is 0 Å². The van der Waals surface area contributed by atoms with E-state index in [1.54, 1.807) is 0 Å². The van der Waals surface area contributed by atoms with Crippen LogP contribution >= 0.6 is 27.5 Å². The fraction of sp³-hybridized carbons (Fsp3) is 0.500. The molecule has 0 radical (unpaired) electrons. The lowest BCUT2D eigenvalue weighted by Gasteiger charge is -2.18. The van der Waals surface area contributed by atoms with E-state index in [0.29, 0.717) is 24.8 Å². The molecule has 17 heavy (non-hydrogen) atoms. The zero-order valence-electron chi connectivity index (χ0n) is 10.0. The van der Waals surface area contributed by atoms with Crippen molar-refractivity contribution in [1.29, 1.82) is 0 Å². The molecule has 1 rings (SSSR count). The Morgan fingerprint density at radius 3 is 2.47 bits per heavy atom. The van der Waals surface area contributed by atoms with Gasteiger partial charge >= 0.3 is 0 Å². The topological polar surface area (TPSA) is 30.5 Å². The van der Waals surface area contributed by atoms with Gasteiger partial charge in [0, 0.05) is 28.4 Å². The maximum Gasteiger partial charge on any atom is 0.174 e. The van der Waals surface area contributed by atoms with Crippen molar-refractivity contribution < 1.29 is 9.47 Å². The molecule has 0 bridgehead atoms. The Kier molecular flexibility index (Phi) is 6.89. The molecule has 0 saturated carbocycles. The van der Waals surface area contributed by atoms with Crippen LogP contribution in [0.3, 0.4) is 0 Å². The molecule has 0 atom stereocenters. The first-order valence-corrected chi connectivity index (χ1v) is 6.76. The molecule has 1 N–H and O–H groups in total. The number of anilines is 1. The highest BCUT2D eigenvalue weighted by Crippen LogP contribution is 2.25. The summed E-state index contributed by atoms with van der Waals surface area (Å²) in [6.07, 6.45) is -0.229. The number of halogens is 2. The Morgan fingerprint density at radius 2 is 1.94 bits per heavy atom. The quantitative estimate of drug-likeness (QED) is 0.772. The first-order chi connectivity index (χ1) is 8.17. The number of hydrogen-bond acceptors (Lipinski definition) is 3. The van der Waals surface area contributed by atoms with Crippen molar-refractivity contribution in [2.75, 3.05) is 25.1 Å². The van der Waals surface area contributed by atoms with Crippen LogP contribution < -0.4 is 5.32 Å². The smallest absolute Gasteiger partial charge is 0.174 e. The van der Waals surface area contributed by atoms with Gasteiger partial charge in [0.1, 0.15) is 0 Å².